The summed E-state index contributed by atoms with van der Waals surface area (Å²) < 4.78 is 0. The second kappa shape index (κ2) is 4.67. The predicted octanol–water partition coefficient (Wildman–Crippen LogP) is 2.66. The van der Waals surface area contributed by atoms with Crippen LogP contribution in [0.3, 0.4) is 0 Å². The summed E-state index contributed by atoms with van der Waals surface area (Å²) in [6.45, 7) is 1.98. The van der Waals surface area contributed by atoms with Crippen molar-refractivity contribution < 1.29 is 0 Å². The van der Waals surface area contributed by atoms with E-state index >= 15 is 0 Å². The van der Waals surface area contributed by atoms with Crippen LogP contribution < -0.4 is 5.01 Å². The molecule has 2 rings (SSSR count). The Kier molecular flexibility index (Phi) is 3.24. The van der Waals surface area contributed by atoms with E-state index in [4.69, 9.17) is 12.2 Å². The van der Waals surface area contributed by atoms with Gasteiger partial charge in [0, 0.05) is 20.3 Å². The minimum atomic E-state index is 0.752. The largest absolute Gasteiger partial charge is 0.383 e. The van der Waals surface area contributed by atoms with Crippen molar-refractivity contribution in [1.29, 1.82) is 0 Å². The van der Waals surface area contributed by atoms with Gasteiger partial charge in [-0.2, -0.15) is 5.10 Å². The monoisotopic (exact) mass is 245 g/mol. The molecule has 0 saturated carbocycles. The number of hydrogen-bond donors (Lipinski definition) is 0. The number of hydrogen-bond acceptors (Lipinski definition) is 3. The summed E-state index contributed by atoms with van der Waals surface area (Å²) in [7, 11) is 3.96. The molecule has 4 heteroatoms. The molecule has 0 aromatic heterocycles. The molecule has 1 aliphatic heterocycles. The summed E-state index contributed by atoms with van der Waals surface area (Å²) in [6.07, 6.45) is 2.00. The summed E-state index contributed by atoms with van der Waals surface area (Å²) in [6, 6.07) is 9.95. The van der Waals surface area contributed by atoms with E-state index in [1.165, 1.54) is 0 Å². The fourth-order valence-corrected chi connectivity index (χ4v) is 2.02. The first-order valence-corrected chi connectivity index (χ1v) is 5.84. The second-order valence-corrected chi connectivity index (χ2v) is 4.53. The molecule has 0 radical (unpaired) electrons. The van der Waals surface area contributed by atoms with Gasteiger partial charge in [-0.05, 0) is 19.1 Å². The highest BCUT2D eigenvalue weighted by Crippen LogP contribution is 2.24. The molecule has 0 aliphatic carbocycles. The molecule has 0 saturated heterocycles. The number of benzene rings is 1. The Labute approximate surface area is 107 Å². The Morgan fingerprint density at radius 3 is 2.47 bits per heavy atom. The van der Waals surface area contributed by atoms with E-state index in [1.54, 1.807) is 5.01 Å². The maximum atomic E-state index is 5.46. The summed E-state index contributed by atoms with van der Waals surface area (Å²) in [5.41, 5.74) is 2.96. The minimum absolute atomic E-state index is 0.752. The molecule has 3 nitrogen and oxygen atoms in total. The van der Waals surface area contributed by atoms with Crippen LogP contribution in [0.5, 0.6) is 0 Å². The van der Waals surface area contributed by atoms with E-state index in [0.717, 1.165) is 22.0 Å². The number of anilines is 1. The first kappa shape index (κ1) is 11.8. The summed E-state index contributed by atoms with van der Waals surface area (Å²) in [5.74, 6) is 0. The second-order valence-electron chi connectivity index (χ2n) is 4.14. The molecule has 0 atom stereocenters. The third-order valence-electron chi connectivity index (χ3n) is 2.45. The van der Waals surface area contributed by atoms with Crippen LogP contribution in [0.4, 0.5) is 5.69 Å². The molecule has 0 fully saturated rings. The van der Waals surface area contributed by atoms with Crippen molar-refractivity contribution >= 4 is 28.6 Å². The van der Waals surface area contributed by atoms with Crippen molar-refractivity contribution in [1.82, 2.24) is 4.90 Å². The average Bonchev–Trinajstić information content (AvgIpc) is 2.58. The number of thiocarbonyl (C=S) groups is 1. The van der Waals surface area contributed by atoms with Crippen LogP contribution in [0.25, 0.3) is 0 Å². The molecule has 0 spiro atoms. The van der Waals surface area contributed by atoms with Crippen LogP contribution in [0.1, 0.15) is 6.92 Å². The van der Waals surface area contributed by atoms with Gasteiger partial charge in [0.05, 0.1) is 17.0 Å². The summed E-state index contributed by atoms with van der Waals surface area (Å²) >= 11 is 5.46. The lowest BCUT2D eigenvalue weighted by Crippen LogP contribution is -2.20. The highest BCUT2D eigenvalue weighted by molar-refractivity contribution is 7.81. The molecular weight excluding hydrogens is 230 g/mol. The van der Waals surface area contributed by atoms with Gasteiger partial charge in [-0.3, -0.25) is 0 Å². The number of rotatable bonds is 2. The van der Waals surface area contributed by atoms with Crippen LogP contribution in [0, 0.1) is 0 Å². The zero-order valence-electron chi connectivity index (χ0n) is 10.2. The molecular formula is C13H15N3S. The quantitative estimate of drug-likeness (QED) is 0.589. The van der Waals surface area contributed by atoms with E-state index in [-0.39, 0.29) is 0 Å². The fourth-order valence-electron chi connectivity index (χ4n) is 1.67. The summed E-state index contributed by atoms with van der Waals surface area (Å²) in [5, 5.41) is 6.29. The lowest BCUT2D eigenvalue weighted by molar-refractivity contribution is 0.563. The van der Waals surface area contributed by atoms with E-state index < -0.39 is 0 Å². The number of para-hydroxylation sites is 1. The molecule has 1 aromatic rings. The molecule has 0 N–H and O–H groups in total. The van der Waals surface area contributed by atoms with E-state index in [1.807, 2.05) is 62.5 Å². The zero-order chi connectivity index (χ0) is 12.4. The van der Waals surface area contributed by atoms with Gasteiger partial charge in [-0.25, -0.2) is 5.01 Å². The van der Waals surface area contributed by atoms with Crippen LogP contribution in [0.15, 0.2) is 47.2 Å². The Balaban J connectivity index is 2.34. The minimum Gasteiger partial charge on any atom is -0.383 e. The molecule has 0 bridgehead atoms. The van der Waals surface area contributed by atoms with Crippen molar-refractivity contribution in [2.45, 2.75) is 6.92 Å². The van der Waals surface area contributed by atoms with Crippen molar-refractivity contribution in [3.05, 3.63) is 42.1 Å². The van der Waals surface area contributed by atoms with Crippen molar-refractivity contribution in [2.24, 2.45) is 5.10 Å². The van der Waals surface area contributed by atoms with E-state index in [9.17, 15) is 0 Å². The van der Waals surface area contributed by atoms with Crippen LogP contribution in [0.2, 0.25) is 0 Å². The van der Waals surface area contributed by atoms with Gasteiger partial charge in [-0.15, -0.1) is 0 Å². The van der Waals surface area contributed by atoms with Gasteiger partial charge in [0.15, 0.2) is 0 Å². The van der Waals surface area contributed by atoms with Gasteiger partial charge in [0.25, 0.3) is 0 Å². The Morgan fingerprint density at radius 1 is 1.24 bits per heavy atom. The smallest absolute Gasteiger partial charge is 0.138 e. The van der Waals surface area contributed by atoms with E-state index in [2.05, 4.69) is 5.10 Å². The van der Waals surface area contributed by atoms with Gasteiger partial charge in [-0.1, -0.05) is 30.4 Å². The molecule has 88 valence electrons. The molecule has 1 aliphatic rings. The maximum Gasteiger partial charge on any atom is 0.138 e. The highest BCUT2D eigenvalue weighted by atomic mass is 32.1. The first-order valence-electron chi connectivity index (χ1n) is 5.43. The van der Waals surface area contributed by atoms with Gasteiger partial charge in [0.2, 0.25) is 0 Å². The molecule has 0 amide bonds. The van der Waals surface area contributed by atoms with Gasteiger partial charge in [0.1, 0.15) is 4.99 Å². The third-order valence-corrected chi connectivity index (χ3v) is 2.84. The predicted molar refractivity (Wildman–Crippen MR) is 76.4 cm³/mol. The maximum absolute atomic E-state index is 5.46. The van der Waals surface area contributed by atoms with Crippen LogP contribution >= 0.6 is 12.2 Å². The third kappa shape index (κ3) is 2.36. The molecule has 0 unspecified atom stereocenters. The fraction of sp³-hybridized carbons (Fsp3) is 0.231. The SMILES string of the molecule is CC1=NN(c2ccccc2)C(=S)/C1=C\N(C)C. The highest BCUT2D eigenvalue weighted by Gasteiger charge is 2.24. The van der Waals surface area contributed by atoms with Crippen molar-refractivity contribution in [3.63, 3.8) is 0 Å². The van der Waals surface area contributed by atoms with Gasteiger partial charge >= 0.3 is 0 Å². The topological polar surface area (TPSA) is 18.8 Å². The molecule has 17 heavy (non-hydrogen) atoms. The first-order chi connectivity index (χ1) is 8.09. The Hall–Kier alpha value is -1.68. The lowest BCUT2D eigenvalue weighted by atomic mass is 10.2. The summed E-state index contributed by atoms with van der Waals surface area (Å²) in [4.78, 5) is 2.73. The Morgan fingerprint density at radius 2 is 1.88 bits per heavy atom. The standard InChI is InChI=1S/C13H15N3S/c1-10-12(9-15(2)3)13(17)16(14-10)11-7-5-4-6-8-11/h4-9H,1-3H3/b12-9-. The normalized spacial score (nSPS) is 17.6. The molecule has 1 heterocycles. The van der Waals surface area contributed by atoms with Crippen molar-refractivity contribution in [3.8, 4) is 0 Å². The number of hydrazone groups is 1. The van der Waals surface area contributed by atoms with E-state index in [0.29, 0.717) is 0 Å². The Bertz CT molecular complexity index is 489. The average molecular weight is 245 g/mol. The van der Waals surface area contributed by atoms with Crippen molar-refractivity contribution in [2.75, 3.05) is 19.1 Å². The number of nitrogens with zero attached hydrogens (tertiary/aromatic N) is 3. The molecule has 1 aromatic carbocycles. The van der Waals surface area contributed by atoms with Crippen LogP contribution in [-0.4, -0.2) is 29.7 Å². The van der Waals surface area contributed by atoms with Crippen LogP contribution in [-0.2, 0) is 0 Å². The van der Waals surface area contributed by atoms with Gasteiger partial charge < -0.3 is 4.90 Å². The zero-order valence-corrected chi connectivity index (χ0v) is 11.0. The lowest BCUT2D eigenvalue weighted by Gasteiger charge is -2.14.